The molecule has 1 N–H and O–H groups in total. The lowest BCUT2D eigenvalue weighted by molar-refractivity contribution is -0.116. The Morgan fingerprint density at radius 1 is 1.42 bits per heavy atom. The van der Waals surface area contributed by atoms with Crippen molar-refractivity contribution in [1.29, 1.82) is 5.26 Å². The Hall–Kier alpha value is -2.35. The zero-order valence-corrected chi connectivity index (χ0v) is 11.0. The molecule has 0 aliphatic heterocycles. The Labute approximate surface area is 112 Å². The maximum atomic E-state index is 11.8. The molecule has 0 bridgehead atoms. The van der Waals surface area contributed by atoms with E-state index in [1.165, 1.54) is 7.11 Å². The molecule has 100 valence electrons. The van der Waals surface area contributed by atoms with Crippen LogP contribution in [0.25, 0.3) is 0 Å². The monoisotopic (exact) mass is 260 g/mol. The molecule has 1 aromatic carbocycles. The third kappa shape index (κ3) is 4.11. The number of hydrogen-bond donors (Lipinski definition) is 1. The summed E-state index contributed by atoms with van der Waals surface area (Å²) in [6.45, 7) is 1.85. The summed E-state index contributed by atoms with van der Waals surface area (Å²) < 4.78 is 4.64. The zero-order chi connectivity index (χ0) is 14.3. The van der Waals surface area contributed by atoms with Gasteiger partial charge in [-0.1, -0.05) is 19.1 Å². The first-order chi connectivity index (χ1) is 9.12. The summed E-state index contributed by atoms with van der Waals surface area (Å²) in [7, 11) is 1.28. The largest absolute Gasteiger partial charge is 0.465 e. The van der Waals surface area contributed by atoms with Gasteiger partial charge in [0.05, 0.1) is 30.3 Å². The Kier molecular flexibility index (Phi) is 5.55. The van der Waals surface area contributed by atoms with Gasteiger partial charge in [0.25, 0.3) is 0 Å². The van der Waals surface area contributed by atoms with Gasteiger partial charge in [0.2, 0.25) is 5.91 Å². The molecule has 5 heteroatoms. The third-order valence-corrected chi connectivity index (χ3v) is 2.71. The van der Waals surface area contributed by atoms with Crippen LogP contribution >= 0.6 is 0 Å². The van der Waals surface area contributed by atoms with Gasteiger partial charge in [-0.15, -0.1) is 0 Å². The summed E-state index contributed by atoms with van der Waals surface area (Å²) in [5, 5.41) is 11.5. The average Bonchev–Trinajstić information content (AvgIpc) is 2.44. The van der Waals surface area contributed by atoms with Gasteiger partial charge in [-0.05, 0) is 18.6 Å². The van der Waals surface area contributed by atoms with Crippen molar-refractivity contribution in [3.63, 3.8) is 0 Å². The van der Waals surface area contributed by atoms with Crippen molar-refractivity contribution >= 4 is 17.6 Å². The van der Waals surface area contributed by atoms with Crippen LogP contribution < -0.4 is 5.32 Å². The predicted octanol–water partition coefficient (Wildman–Crippen LogP) is 2.35. The molecule has 1 amide bonds. The molecule has 5 nitrogen and oxygen atoms in total. The number of ether oxygens (including phenoxy) is 1. The van der Waals surface area contributed by atoms with E-state index in [0.717, 1.165) is 0 Å². The van der Waals surface area contributed by atoms with E-state index in [1.807, 2.05) is 6.92 Å². The highest BCUT2D eigenvalue weighted by Gasteiger charge is 2.15. The summed E-state index contributed by atoms with van der Waals surface area (Å²) in [6, 6.07) is 8.66. The minimum Gasteiger partial charge on any atom is -0.465 e. The number of esters is 1. The zero-order valence-electron chi connectivity index (χ0n) is 11.0. The maximum absolute atomic E-state index is 11.8. The number of carbonyl (C=O) groups is 2. The first kappa shape index (κ1) is 14.7. The minimum atomic E-state index is -0.511. The van der Waals surface area contributed by atoms with Crippen molar-refractivity contribution in [3.05, 3.63) is 29.8 Å². The minimum absolute atomic E-state index is 0.114. The van der Waals surface area contributed by atoms with Crippen LogP contribution in [0.5, 0.6) is 0 Å². The summed E-state index contributed by atoms with van der Waals surface area (Å²) >= 11 is 0. The van der Waals surface area contributed by atoms with E-state index in [0.29, 0.717) is 17.7 Å². The van der Waals surface area contributed by atoms with E-state index in [4.69, 9.17) is 5.26 Å². The molecule has 1 unspecified atom stereocenters. The van der Waals surface area contributed by atoms with Crippen molar-refractivity contribution in [1.82, 2.24) is 0 Å². The van der Waals surface area contributed by atoms with Crippen LogP contribution in [0.3, 0.4) is 0 Å². The number of benzene rings is 1. The number of para-hydroxylation sites is 1. The van der Waals surface area contributed by atoms with Gasteiger partial charge < -0.3 is 10.1 Å². The van der Waals surface area contributed by atoms with E-state index in [2.05, 4.69) is 16.1 Å². The van der Waals surface area contributed by atoms with Crippen molar-refractivity contribution in [2.45, 2.75) is 19.8 Å². The maximum Gasteiger partial charge on any atom is 0.339 e. The fraction of sp³-hybridized carbons (Fsp3) is 0.357. The number of amides is 1. The van der Waals surface area contributed by atoms with Crippen LogP contribution in [0, 0.1) is 17.2 Å². The number of nitriles is 1. The highest BCUT2D eigenvalue weighted by molar-refractivity contribution is 6.01. The average molecular weight is 260 g/mol. The molecule has 0 fully saturated rings. The highest BCUT2D eigenvalue weighted by atomic mass is 16.5. The number of nitrogens with zero attached hydrogens (tertiary/aromatic N) is 1. The van der Waals surface area contributed by atoms with Crippen molar-refractivity contribution in [2.24, 2.45) is 5.92 Å². The van der Waals surface area contributed by atoms with Gasteiger partial charge >= 0.3 is 5.97 Å². The SMILES string of the molecule is CCC(C#N)CC(=O)Nc1ccccc1C(=O)OC. The van der Waals surface area contributed by atoms with Gasteiger partial charge in [-0.3, -0.25) is 4.79 Å². The van der Waals surface area contributed by atoms with Gasteiger partial charge in [0.1, 0.15) is 0 Å². The molecule has 19 heavy (non-hydrogen) atoms. The first-order valence-corrected chi connectivity index (χ1v) is 5.99. The third-order valence-electron chi connectivity index (χ3n) is 2.71. The van der Waals surface area contributed by atoms with Crippen LogP contribution in [0.4, 0.5) is 5.69 Å². The van der Waals surface area contributed by atoms with Gasteiger partial charge in [0, 0.05) is 6.42 Å². The smallest absolute Gasteiger partial charge is 0.339 e. The highest BCUT2D eigenvalue weighted by Crippen LogP contribution is 2.17. The normalized spacial score (nSPS) is 11.2. The van der Waals surface area contributed by atoms with Crippen molar-refractivity contribution in [3.8, 4) is 6.07 Å². The lowest BCUT2D eigenvalue weighted by atomic mass is 10.0. The first-order valence-electron chi connectivity index (χ1n) is 5.99. The number of anilines is 1. The number of nitrogens with one attached hydrogen (secondary N) is 1. The van der Waals surface area contributed by atoms with Crippen LogP contribution in [0.2, 0.25) is 0 Å². The molecule has 0 saturated heterocycles. The molecule has 0 aliphatic rings. The fourth-order valence-electron chi connectivity index (χ4n) is 1.59. The van der Waals surface area contributed by atoms with E-state index in [1.54, 1.807) is 24.3 Å². The lowest BCUT2D eigenvalue weighted by Gasteiger charge is -2.10. The topological polar surface area (TPSA) is 79.2 Å². The fourth-order valence-corrected chi connectivity index (χ4v) is 1.59. The second-order valence-electron chi connectivity index (χ2n) is 4.02. The molecular weight excluding hydrogens is 244 g/mol. The van der Waals surface area contributed by atoms with E-state index in [-0.39, 0.29) is 18.2 Å². The Bertz CT molecular complexity index is 506. The van der Waals surface area contributed by atoms with Gasteiger partial charge in [-0.25, -0.2) is 4.79 Å². The molecule has 1 rings (SSSR count). The van der Waals surface area contributed by atoms with Crippen LogP contribution in [0.1, 0.15) is 30.1 Å². The number of carbonyl (C=O) groups excluding carboxylic acids is 2. The summed E-state index contributed by atoms with van der Waals surface area (Å²) in [5.74, 6) is -1.11. The quantitative estimate of drug-likeness (QED) is 0.824. The summed E-state index contributed by atoms with van der Waals surface area (Å²) in [5.41, 5.74) is 0.690. The molecule has 0 radical (unpaired) electrons. The molecule has 0 saturated carbocycles. The van der Waals surface area contributed by atoms with E-state index in [9.17, 15) is 9.59 Å². The van der Waals surface area contributed by atoms with E-state index < -0.39 is 5.97 Å². The van der Waals surface area contributed by atoms with Crippen LogP contribution in [-0.4, -0.2) is 19.0 Å². The molecule has 0 aromatic heterocycles. The molecule has 0 spiro atoms. The molecule has 1 atom stereocenters. The number of methoxy groups -OCH3 is 1. The van der Waals surface area contributed by atoms with Crippen LogP contribution in [-0.2, 0) is 9.53 Å². The molecule has 0 aliphatic carbocycles. The second kappa shape index (κ2) is 7.17. The van der Waals surface area contributed by atoms with Gasteiger partial charge in [-0.2, -0.15) is 5.26 Å². The van der Waals surface area contributed by atoms with Crippen molar-refractivity contribution < 1.29 is 14.3 Å². The molecule has 0 heterocycles. The van der Waals surface area contributed by atoms with E-state index >= 15 is 0 Å². The Balaban J connectivity index is 2.80. The second-order valence-corrected chi connectivity index (χ2v) is 4.02. The van der Waals surface area contributed by atoms with Crippen molar-refractivity contribution in [2.75, 3.05) is 12.4 Å². The van der Waals surface area contributed by atoms with Gasteiger partial charge in [0.15, 0.2) is 0 Å². The predicted molar refractivity (Wildman–Crippen MR) is 70.4 cm³/mol. The summed E-state index contributed by atoms with van der Waals surface area (Å²) in [6.07, 6.45) is 0.727. The Morgan fingerprint density at radius 3 is 2.68 bits per heavy atom. The number of hydrogen-bond acceptors (Lipinski definition) is 4. The molecule has 1 aromatic rings. The Morgan fingerprint density at radius 2 is 2.11 bits per heavy atom. The number of rotatable bonds is 5. The summed E-state index contributed by atoms with van der Waals surface area (Å²) in [4.78, 5) is 23.3. The molecular formula is C14H16N2O3. The standard InChI is InChI=1S/C14H16N2O3/c1-3-10(9-15)8-13(17)16-12-7-5-4-6-11(12)14(18)19-2/h4-7,10H,3,8H2,1-2H3,(H,16,17). The van der Waals surface area contributed by atoms with Crippen LogP contribution in [0.15, 0.2) is 24.3 Å². The lowest BCUT2D eigenvalue weighted by Crippen LogP contribution is -2.17.